The van der Waals surface area contributed by atoms with Crippen LogP contribution in [0.4, 0.5) is 0 Å². The molecule has 3 nitrogen and oxygen atoms in total. The zero-order valence-electron chi connectivity index (χ0n) is 20.3. The SMILES string of the molecule is CC.CCc1cc(C2CCN(CCC3CCNCC3)CC2)ccc1-c1cnccc1C. The van der Waals surface area contributed by atoms with Gasteiger partial charge in [-0.15, -0.1) is 0 Å². The average molecular weight is 422 g/mol. The van der Waals surface area contributed by atoms with Crippen LogP contribution >= 0.6 is 0 Å². The second-order valence-electron chi connectivity index (χ2n) is 9.06. The van der Waals surface area contributed by atoms with Crippen LogP contribution in [0.2, 0.25) is 0 Å². The predicted octanol–water partition coefficient (Wildman–Crippen LogP) is 6.21. The van der Waals surface area contributed by atoms with E-state index < -0.39 is 0 Å². The van der Waals surface area contributed by atoms with Crippen LogP contribution in [-0.4, -0.2) is 42.6 Å². The fraction of sp³-hybridized carbons (Fsp3) is 0.607. The van der Waals surface area contributed by atoms with E-state index >= 15 is 0 Å². The molecule has 0 radical (unpaired) electrons. The van der Waals surface area contributed by atoms with E-state index in [-0.39, 0.29) is 0 Å². The molecule has 2 aliphatic rings. The lowest BCUT2D eigenvalue weighted by Gasteiger charge is -2.34. The summed E-state index contributed by atoms with van der Waals surface area (Å²) in [5, 5.41) is 3.49. The molecule has 2 aliphatic heterocycles. The Bertz CT molecular complexity index is 787. The number of piperidine rings is 2. The monoisotopic (exact) mass is 421 g/mol. The zero-order valence-corrected chi connectivity index (χ0v) is 20.3. The summed E-state index contributed by atoms with van der Waals surface area (Å²) in [6.45, 7) is 14.7. The number of aromatic nitrogens is 1. The molecule has 0 amide bonds. The molecule has 2 fully saturated rings. The summed E-state index contributed by atoms with van der Waals surface area (Å²) in [5.74, 6) is 1.67. The van der Waals surface area contributed by atoms with Crippen LogP contribution in [0.1, 0.15) is 75.5 Å². The first-order chi connectivity index (χ1) is 15.2. The molecular weight excluding hydrogens is 378 g/mol. The molecule has 2 aromatic rings. The van der Waals surface area contributed by atoms with Crippen molar-refractivity contribution in [1.82, 2.24) is 15.2 Å². The number of nitrogens with one attached hydrogen (secondary N) is 1. The van der Waals surface area contributed by atoms with Gasteiger partial charge in [-0.3, -0.25) is 4.98 Å². The summed E-state index contributed by atoms with van der Waals surface area (Å²) < 4.78 is 0. The summed E-state index contributed by atoms with van der Waals surface area (Å²) in [6.07, 6.45) is 11.7. The lowest BCUT2D eigenvalue weighted by Crippen LogP contribution is -2.36. The van der Waals surface area contributed by atoms with Crippen LogP contribution in [0.3, 0.4) is 0 Å². The van der Waals surface area contributed by atoms with Gasteiger partial charge in [-0.2, -0.15) is 0 Å². The van der Waals surface area contributed by atoms with Crippen molar-refractivity contribution in [2.75, 3.05) is 32.7 Å². The number of aryl methyl sites for hydroxylation is 2. The van der Waals surface area contributed by atoms with E-state index in [0.29, 0.717) is 0 Å². The minimum absolute atomic E-state index is 0.722. The summed E-state index contributed by atoms with van der Waals surface area (Å²) >= 11 is 0. The maximum absolute atomic E-state index is 4.36. The topological polar surface area (TPSA) is 28.2 Å². The number of likely N-dealkylation sites (tertiary alicyclic amines) is 1. The van der Waals surface area contributed by atoms with E-state index in [9.17, 15) is 0 Å². The van der Waals surface area contributed by atoms with Gasteiger partial charge in [-0.05, 0) is 118 Å². The van der Waals surface area contributed by atoms with Crippen LogP contribution in [-0.2, 0) is 6.42 Å². The zero-order chi connectivity index (χ0) is 22.1. The fourth-order valence-electron chi connectivity index (χ4n) is 5.19. The minimum atomic E-state index is 0.722. The number of hydrogen-bond donors (Lipinski definition) is 1. The van der Waals surface area contributed by atoms with Gasteiger partial charge in [0.2, 0.25) is 0 Å². The van der Waals surface area contributed by atoms with Gasteiger partial charge < -0.3 is 10.2 Å². The Morgan fingerprint density at radius 1 is 1.00 bits per heavy atom. The Kier molecular flexibility index (Phi) is 9.54. The molecule has 1 aromatic carbocycles. The van der Waals surface area contributed by atoms with E-state index in [4.69, 9.17) is 0 Å². The van der Waals surface area contributed by atoms with Crippen molar-refractivity contribution in [3.8, 4) is 11.1 Å². The van der Waals surface area contributed by atoms with Crippen LogP contribution < -0.4 is 5.32 Å². The summed E-state index contributed by atoms with van der Waals surface area (Å²) in [5.41, 5.74) is 6.96. The Balaban J connectivity index is 0.00000132. The van der Waals surface area contributed by atoms with E-state index in [1.54, 1.807) is 5.56 Å². The standard InChI is InChI=1S/C26H37N3.C2H6/c1-3-22-18-24(4-5-25(22)26-19-28-12-6-20(26)2)23-10-16-29(17-11-23)15-9-21-7-13-27-14-8-21;1-2/h4-6,12,18-19,21,23,27H,3,7-11,13-17H2,1-2H3;1-2H3. The van der Waals surface area contributed by atoms with Crippen molar-refractivity contribution in [2.24, 2.45) is 5.92 Å². The van der Waals surface area contributed by atoms with Crippen LogP contribution in [0.5, 0.6) is 0 Å². The maximum Gasteiger partial charge on any atom is 0.0349 e. The molecule has 0 unspecified atom stereocenters. The molecule has 0 bridgehead atoms. The van der Waals surface area contributed by atoms with Gasteiger partial charge in [0.05, 0.1) is 0 Å². The fourth-order valence-corrected chi connectivity index (χ4v) is 5.19. The van der Waals surface area contributed by atoms with Gasteiger partial charge >= 0.3 is 0 Å². The molecule has 2 saturated heterocycles. The largest absolute Gasteiger partial charge is 0.317 e. The second-order valence-corrected chi connectivity index (χ2v) is 9.06. The third kappa shape index (κ3) is 6.40. The molecular formula is C28H43N3. The quantitative estimate of drug-likeness (QED) is 0.600. The van der Waals surface area contributed by atoms with Gasteiger partial charge in [0.1, 0.15) is 0 Å². The second kappa shape index (κ2) is 12.4. The van der Waals surface area contributed by atoms with Crippen molar-refractivity contribution in [3.05, 3.63) is 53.3 Å². The lowest BCUT2D eigenvalue weighted by atomic mass is 9.85. The van der Waals surface area contributed by atoms with Crippen LogP contribution in [0.15, 0.2) is 36.7 Å². The highest BCUT2D eigenvalue weighted by molar-refractivity contribution is 5.70. The van der Waals surface area contributed by atoms with Crippen LogP contribution in [0.25, 0.3) is 11.1 Å². The first-order valence-electron chi connectivity index (χ1n) is 12.7. The molecule has 1 aromatic heterocycles. The van der Waals surface area contributed by atoms with Crippen LogP contribution in [0, 0.1) is 12.8 Å². The van der Waals surface area contributed by atoms with Crippen molar-refractivity contribution in [2.45, 2.75) is 72.1 Å². The molecule has 0 saturated carbocycles. The predicted molar refractivity (Wildman–Crippen MR) is 134 cm³/mol. The summed E-state index contributed by atoms with van der Waals surface area (Å²) in [7, 11) is 0. The molecule has 3 heteroatoms. The smallest absolute Gasteiger partial charge is 0.0349 e. The summed E-state index contributed by atoms with van der Waals surface area (Å²) in [6, 6.07) is 9.33. The van der Waals surface area contributed by atoms with E-state index in [2.05, 4.69) is 53.3 Å². The molecule has 0 aliphatic carbocycles. The van der Waals surface area contributed by atoms with E-state index in [1.807, 2.05) is 26.2 Å². The molecule has 1 N–H and O–H groups in total. The highest BCUT2D eigenvalue weighted by atomic mass is 15.1. The average Bonchev–Trinajstić information content (AvgIpc) is 2.85. The lowest BCUT2D eigenvalue weighted by molar-refractivity contribution is 0.191. The first kappa shape index (κ1) is 23.9. The molecule has 31 heavy (non-hydrogen) atoms. The maximum atomic E-state index is 4.36. The third-order valence-electron chi connectivity index (χ3n) is 7.21. The molecule has 4 rings (SSSR count). The molecule has 3 heterocycles. The number of hydrogen-bond acceptors (Lipinski definition) is 3. The number of nitrogens with zero attached hydrogens (tertiary/aromatic N) is 2. The molecule has 170 valence electrons. The van der Waals surface area contributed by atoms with Gasteiger partial charge in [0.25, 0.3) is 0 Å². The first-order valence-corrected chi connectivity index (χ1v) is 12.7. The summed E-state index contributed by atoms with van der Waals surface area (Å²) in [4.78, 5) is 7.07. The van der Waals surface area contributed by atoms with Gasteiger partial charge in [0.15, 0.2) is 0 Å². The highest BCUT2D eigenvalue weighted by Gasteiger charge is 2.22. The number of benzene rings is 1. The Morgan fingerprint density at radius 3 is 2.42 bits per heavy atom. The molecule has 0 spiro atoms. The van der Waals surface area contributed by atoms with Gasteiger partial charge in [-0.1, -0.05) is 39.0 Å². The van der Waals surface area contributed by atoms with Crippen molar-refractivity contribution in [1.29, 1.82) is 0 Å². The third-order valence-corrected chi connectivity index (χ3v) is 7.21. The van der Waals surface area contributed by atoms with Gasteiger partial charge in [0, 0.05) is 18.0 Å². The van der Waals surface area contributed by atoms with Crippen molar-refractivity contribution in [3.63, 3.8) is 0 Å². The Morgan fingerprint density at radius 2 is 1.74 bits per heavy atom. The highest BCUT2D eigenvalue weighted by Crippen LogP contribution is 2.33. The van der Waals surface area contributed by atoms with Crippen molar-refractivity contribution < 1.29 is 0 Å². The Labute approximate surface area is 190 Å². The minimum Gasteiger partial charge on any atom is -0.317 e. The molecule has 0 atom stereocenters. The van der Waals surface area contributed by atoms with E-state index in [0.717, 1.165) is 18.3 Å². The van der Waals surface area contributed by atoms with E-state index in [1.165, 1.54) is 87.1 Å². The Hall–Kier alpha value is -1.71. The number of pyridine rings is 1. The van der Waals surface area contributed by atoms with Crippen molar-refractivity contribution >= 4 is 0 Å². The van der Waals surface area contributed by atoms with Gasteiger partial charge in [-0.25, -0.2) is 0 Å². The number of rotatable bonds is 6. The normalized spacial score (nSPS) is 18.5.